The zero-order valence-corrected chi connectivity index (χ0v) is 19.5. The van der Waals surface area contributed by atoms with Crippen LogP contribution in [-0.4, -0.2) is 38.7 Å². The van der Waals surface area contributed by atoms with E-state index in [9.17, 15) is 0 Å². The Labute approximate surface area is 190 Å². The number of rotatable bonds is 10. The maximum absolute atomic E-state index is 6.46. The average Bonchev–Trinajstić information content (AvgIpc) is 2.59. The Morgan fingerprint density at radius 1 is 0.964 bits per heavy atom. The topological polar surface area (TPSA) is 33.7 Å². The highest BCUT2D eigenvalue weighted by Gasteiger charge is 2.13. The highest BCUT2D eigenvalue weighted by molar-refractivity contribution is 6.32. The SMILES string of the molecule is CCOc1cc(CNCCN(C)C)cc(Cl)c1OCc1ccc(Cl)cc1.Cl.Cl. The van der Waals surface area contributed by atoms with E-state index in [1.807, 2.05) is 43.3 Å². The Morgan fingerprint density at radius 2 is 1.64 bits per heavy atom. The lowest BCUT2D eigenvalue weighted by molar-refractivity contribution is 0.269. The Bertz CT molecular complexity index is 697. The molecule has 0 fully saturated rings. The van der Waals surface area contributed by atoms with E-state index in [2.05, 4.69) is 24.3 Å². The predicted octanol–water partition coefficient (Wildman–Crippen LogP) is 5.47. The molecular formula is C20H28Cl4N2O2. The Kier molecular flexibility index (Phi) is 13.7. The normalized spacial score (nSPS) is 10.2. The highest BCUT2D eigenvalue weighted by atomic mass is 35.5. The lowest BCUT2D eigenvalue weighted by Gasteiger charge is -2.16. The van der Waals surface area contributed by atoms with Crippen LogP contribution >= 0.6 is 48.0 Å². The number of ether oxygens (including phenoxy) is 2. The Morgan fingerprint density at radius 3 is 2.25 bits per heavy atom. The van der Waals surface area contributed by atoms with Gasteiger partial charge in [0, 0.05) is 24.7 Å². The van der Waals surface area contributed by atoms with Crippen LogP contribution in [0.2, 0.25) is 10.0 Å². The molecule has 0 aliphatic rings. The summed E-state index contributed by atoms with van der Waals surface area (Å²) in [7, 11) is 4.11. The third-order valence-corrected chi connectivity index (χ3v) is 4.26. The number of nitrogens with one attached hydrogen (secondary N) is 1. The van der Waals surface area contributed by atoms with Gasteiger partial charge in [-0.1, -0.05) is 35.3 Å². The van der Waals surface area contributed by atoms with Gasteiger partial charge in [-0.3, -0.25) is 0 Å². The van der Waals surface area contributed by atoms with Crippen molar-refractivity contribution < 1.29 is 9.47 Å². The van der Waals surface area contributed by atoms with Crippen molar-refractivity contribution in [2.45, 2.75) is 20.1 Å². The van der Waals surface area contributed by atoms with Crippen molar-refractivity contribution in [1.82, 2.24) is 10.2 Å². The fourth-order valence-electron chi connectivity index (χ4n) is 2.40. The summed E-state index contributed by atoms with van der Waals surface area (Å²) in [5, 5.41) is 4.66. The van der Waals surface area contributed by atoms with Crippen molar-refractivity contribution in [3.8, 4) is 11.5 Å². The summed E-state index contributed by atoms with van der Waals surface area (Å²) >= 11 is 12.4. The zero-order valence-electron chi connectivity index (χ0n) is 16.3. The van der Waals surface area contributed by atoms with Crippen molar-refractivity contribution >= 4 is 48.0 Å². The third-order valence-electron chi connectivity index (χ3n) is 3.73. The summed E-state index contributed by atoms with van der Waals surface area (Å²) in [4.78, 5) is 2.14. The quantitative estimate of drug-likeness (QED) is 0.468. The maximum atomic E-state index is 6.46. The van der Waals surface area contributed by atoms with E-state index in [0.717, 1.165) is 30.8 Å². The summed E-state index contributed by atoms with van der Waals surface area (Å²) < 4.78 is 11.7. The molecule has 0 amide bonds. The van der Waals surface area contributed by atoms with Gasteiger partial charge < -0.3 is 19.7 Å². The van der Waals surface area contributed by atoms with Gasteiger partial charge in [0.2, 0.25) is 0 Å². The number of hydrogen-bond acceptors (Lipinski definition) is 4. The first-order valence-electron chi connectivity index (χ1n) is 8.67. The van der Waals surface area contributed by atoms with E-state index in [4.69, 9.17) is 32.7 Å². The minimum absolute atomic E-state index is 0. The second-order valence-corrected chi connectivity index (χ2v) is 7.08. The smallest absolute Gasteiger partial charge is 0.180 e. The summed E-state index contributed by atoms with van der Waals surface area (Å²) in [6.45, 7) is 5.50. The van der Waals surface area contributed by atoms with E-state index in [0.29, 0.717) is 34.8 Å². The minimum atomic E-state index is 0. The van der Waals surface area contributed by atoms with Crippen molar-refractivity contribution in [1.29, 1.82) is 0 Å². The van der Waals surface area contributed by atoms with Gasteiger partial charge in [-0.2, -0.15) is 0 Å². The van der Waals surface area contributed by atoms with Crippen LogP contribution in [-0.2, 0) is 13.2 Å². The van der Waals surface area contributed by atoms with Crippen molar-refractivity contribution in [3.63, 3.8) is 0 Å². The second kappa shape index (κ2) is 14.2. The summed E-state index contributed by atoms with van der Waals surface area (Å²) in [6.07, 6.45) is 0. The first-order chi connectivity index (χ1) is 12.5. The maximum Gasteiger partial charge on any atom is 0.180 e. The predicted molar refractivity (Wildman–Crippen MR) is 123 cm³/mol. The number of halogens is 4. The van der Waals surface area contributed by atoms with Crippen molar-refractivity contribution in [3.05, 3.63) is 57.6 Å². The van der Waals surface area contributed by atoms with Gasteiger partial charge >= 0.3 is 0 Å². The average molecular weight is 470 g/mol. The molecule has 28 heavy (non-hydrogen) atoms. The summed E-state index contributed by atoms with van der Waals surface area (Å²) in [6, 6.07) is 11.4. The molecule has 158 valence electrons. The zero-order chi connectivity index (χ0) is 18.9. The van der Waals surface area contributed by atoms with Crippen LogP contribution in [0.4, 0.5) is 0 Å². The molecule has 0 saturated heterocycles. The van der Waals surface area contributed by atoms with Gasteiger partial charge in [0.05, 0.1) is 11.6 Å². The third kappa shape index (κ3) is 9.08. The molecule has 0 heterocycles. The molecule has 0 unspecified atom stereocenters. The largest absolute Gasteiger partial charge is 0.490 e. The molecule has 4 nitrogen and oxygen atoms in total. The molecule has 1 N–H and O–H groups in total. The first-order valence-corrected chi connectivity index (χ1v) is 9.43. The molecule has 0 saturated carbocycles. The Hall–Kier alpha value is -0.880. The van der Waals surface area contributed by atoms with Crippen LogP contribution in [0.5, 0.6) is 11.5 Å². The van der Waals surface area contributed by atoms with Gasteiger partial charge in [-0.05, 0) is 56.4 Å². The van der Waals surface area contributed by atoms with Crippen LogP contribution in [0.25, 0.3) is 0 Å². The van der Waals surface area contributed by atoms with E-state index < -0.39 is 0 Å². The van der Waals surface area contributed by atoms with Crippen molar-refractivity contribution in [2.24, 2.45) is 0 Å². The van der Waals surface area contributed by atoms with E-state index >= 15 is 0 Å². The number of hydrogen-bond donors (Lipinski definition) is 1. The molecule has 0 aliphatic carbocycles. The molecular weight excluding hydrogens is 442 g/mol. The van der Waals surface area contributed by atoms with Crippen LogP contribution in [0, 0.1) is 0 Å². The van der Waals surface area contributed by atoms with Crippen LogP contribution in [0.1, 0.15) is 18.1 Å². The van der Waals surface area contributed by atoms with Crippen molar-refractivity contribution in [2.75, 3.05) is 33.8 Å². The first kappa shape index (κ1) is 27.1. The monoisotopic (exact) mass is 468 g/mol. The number of likely N-dealkylation sites (N-methyl/N-ethyl adjacent to an activating group) is 1. The van der Waals surface area contributed by atoms with Crippen LogP contribution in [0.3, 0.4) is 0 Å². The van der Waals surface area contributed by atoms with Crippen LogP contribution in [0.15, 0.2) is 36.4 Å². The molecule has 2 aromatic carbocycles. The second-order valence-electron chi connectivity index (χ2n) is 6.23. The van der Waals surface area contributed by atoms with E-state index in [1.165, 1.54) is 0 Å². The van der Waals surface area contributed by atoms with Crippen LogP contribution < -0.4 is 14.8 Å². The minimum Gasteiger partial charge on any atom is -0.490 e. The number of benzene rings is 2. The summed E-state index contributed by atoms with van der Waals surface area (Å²) in [5.41, 5.74) is 2.08. The molecule has 0 radical (unpaired) electrons. The highest BCUT2D eigenvalue weighted by Crippen LogP contribution is 2.37. The molecule has 0 spiro atoms. The van der Waals surface area contributed by atoms with Gasteiger partial charge in [-0.25, -0.2) is 0 Å². The lowest BCUT2D eigenvalue weighted by atomic mass is 10.2. The van der Waals surface area contributed by atoms with Gasteiger partial charge in [0.1, 0.15) is 6.61 Å². The lowest BCUT2D eigenvalue weighted by Crippen LogP contribution is -2.26. The molecule has 0 bridgehead atoms. The van der Waals surface area contributed by atoms with Gasteiger partial charge in [0.25, 0.3) is 0 Å². The molecule has 0 atom stereocenters. The molecule has 2 rings (SSSR count). The fraction of sp³-hybridized carbons (Fsp3) is 0.400. The summed E-state index contributed by atoms with van der Waals surface area (Å²) in [5.74, 6) is 1.24. The number of nitrogens with zero attached hydrogens (tertiary/aromatic N) is 1. The molecule has 2 aromatic rings. The van der Waals surface area contributed by atoms with E-state index in [-0.39, 0.29) is 24.8 Å². The van der Waals surface area contributed by atoms with Gasteiger partial charge in [-0.15, -0.1) is 24.8 Å². The molecule has 0 aromatic heterocycles. The fourth-order valence-corrected chi connectivity index (χ4v) is 2.81. The van der Waals surface area contributed by atoms with Gasteiger partial charge in [0.15, 0.2) is 11.5 Å². The molecule has 0 aliphatic heterocycles. The standard InChI is InChI=1S/C20H26Cl2N2O2.2ClH/c1-4-25-19-12-16(13-23-9-10-24(2)3)11-18(22)20(19)26-14-15-5-7-17(21)8-6-15;;/h5-8,11-12,23H,4,9-10,13-14H2,1-3H3;2*1H. The molecule has 8 heteroatoms. The van der Waals surface area contributed by atoms with E-state index in [1.54, 1.807) is 0 Å². The Balaban J connectivity index is 0.00000364.